The lowest BCUT2D eigenvalue weighted by Gasteiger charge is -2.07. The minimum Gasteiger partial charge on any atom is -0.493 e. The van der Waals surface area contributed by atoms with Gasteiger partial charge in [-0.15, -0.1) is 0 Å². The largest absolute Gasteiger partial charge is 0.493 e. The van der Waals surface area contributed by atoms with E-state index in [9.17, 15) is 0 Å². The molecular weight excluding hydrogens is 208 g/mol. The van der Waals surface area contributed by atoms with Crippen LogP contribution in [0.4, 0.5) is 0 Å². The molecule has 1 aromatic rings. The molecule has 0 aliphatic heterocycles. The second-order valence-electron chi connectivity index (χ2n) is 3.27. The Morgan fingerprint density at radius 3 is 3.00 bits per heavy atom. The van der Waals surface area contributed by atoms with Crippen molar-refractivity contribution in [2.75, 3.05) is 13.7 Å². The lowest BCUT2D eigenvalue weighted by atomic mass is 10.2. The molecule has 0 amide bonds. The second kappa shape index (κ2) is 6.68. The van der Waals surface area contributed by atoms with Gasteiger partial charge in [0.1, 0.15) is 11.6 Å². The lowest BCUT2D eigenvalue weighted by Crippen LogP contribution is -2.15. The third-order valence-electron chi connectivity index (χ3n) is 1.96. The SMILES string of the molecule is COCc1cccc(OCCC(N)=NO)c1. The number of hydrogen-bond donors (Lipinski definition) is 2. The van der Waals surface area contributed by atoms with Crippen LogP contribution in [-0.4, -0.2) is 24.8 Å². The van der Waals surface area contributed by atoms with Gasteiger partial charge in [0.15, 0.2) is 0 Å². The zero-order valence-electron chi connectivity index (χ0n) is 9.22. The third-order valence-corrected chi connectivity index (χ3v) is 1.96. The topological polar surface area (TPSA) is 77.1 Å². The van der Waals surface area contributed by atoms with Gasteiger partial charge < -0.3 is 20.4 Å². The Morgan fingerprint density at radius 1 is 1.50 bits per heavy atom. The van der Waals surface area contributed by atoms with Crippen molar-refractivity contribution in [2.45, 2.75) is 13.0 Å². The minimum absolute atomic E-state index is 0.160. The van der Waals surface area contributed by atoms with E-state index in [1.807, 2.05) is 24.3 Å². The van der Waals surface area contributed by atoms with Gasteiger partial charge in [0.05, 0.1) is 13.2 Å². The molecule has 1 rings (SSSR count). The molecule has 0 atom stereocenters. The van der Waals surface area contributed by atoms with E-state index < -0.39 is 0 Å². The number of oxime groups is 1. The van der Waals surface area contributed by atoms with Gasteiger partial charge in [-0.2, -0.15) is 0 Å². The van der Waals surface area contributed by atoms with E-state index in [2.05, 4.69) is 5.16 Å². The van der Waals surface area contributed by atoms with Gasteiger partial charge in [0, 0.05) is 13.5 Å². The Balaban J connectivity index is 2.44. The highest BCUT2D eigenvalue weighted by Crippen LogP contribution is 2.14. The third kappa shape index (κ3) is 4.18. The van der Waals surface area contributed by atoms with Crippen molar-refractivity contribution < 1.29 is 14.7 Å². The maximum Gasteiger partial charge on any atom is 0.142 e. The van der Waals surface area contributed by atoms with Gasteiger partial charge in [-0.3, -0.25) is 0 Å². The molecule has 0 radical (unpaired) electrons. The Bertz CT molecular complexity index is 353. The summed E-state index contributed by atoms with van der Waals surface area (Å²) in [6.45, 7) is 0.934. The summed E-state index contributed by atoms with van der Waals surface area (Å²) in [6, 6.07) is 7.61. The van der Waals surface area contributed by atoms with Gasteiger partial charge in [0.2, 0.25) is 0 Å². The van der Waals surface area contributed by atoms with Crippen molar-refractivity contribution >= 4 is 5.84 Å². The van der Waals surface area contributed by atoms with Crippen LogP contribution in [0.25, 0.3) is 0 Å². The summed E-state index contributed by atoms with van der Waals surface area (Å²) in [4.78, 5) is 0. The molecule has 88 valence electrons. The van der Waals surface area contributed by atoms with Crippen LogP contribution >= 0.6 is 0 Å². The van der Waals surface area contributed by atoms with Crippen LogP contribution in [0.5, 0.6) is 5.75 Å². The van der Waals surface area contributed by atoms with Crippen molar-refractivity contribution in [3.05, 3.63) is 29.8 Å². The number of nitrogens with two attached hydrogens (primary N) is 1. The first-order valence-corrected chi connectivity index (χ1v) is 4.93. The fourth-order valence-corrected chi connectivity index (χ4v) is 1.22. The van der Waals surface area contributed by atoms with Gasteiger partial charge >= 0.3 is 0 Å². The molecule has 0 bridgehead atoms. The van der Waals surface area contributed by atoms with Crippen LogP contribution in [0.3, 0.4) is 0 Å². The lowest BCUT2D eigenvalue weighted by molar-refractivity contribution is 0.184. The molecule has 5 nitrogen and oxygen atoms in total. The first-order valence-electron chi connectivity index (χ1n) is 4.93. The van der Waals surface area contributed by atoms with E-state index >= 15 is 0 Å². The van der Waals surface area contributed by atoms with Crippen molar-refractivity contribution in [1.82, 2.24) is 0 Å². The van der Waals surface area contributed by atoms with Crippen LogP contribution in [0.15, 0.2) is 29.4 Å². The molecule has 0 unspecified atom stereocenters. The summed E-state index contributed by atoms with van der Waals surface area (Å²) < 4.78 is 10.5. The average molecular weight is 224 g/mol. The van der Waals surface area contributed by atoms with Crippen LogP contribution in [-0.2, 0) is 11.3 Å². The van der Waals surface area contributed by atoms with Crippen LogP contribution < -0.4 is 10.5 Å². The molecule has 3 N–H and O–H groups in total. The minimum atomic E-state index is 0.160. The number of methoxy groups -OCH3 is 1. The maximum atomic E-state index is 8.34. The Labute approximate surface area is 94.5 Å². The van der Waals surface area contributed by atoms with Crippen LogP contribution in [0.1, 0.15) is 12.0 Å². The zero-order valence-corrected chi connectivity index (χ0v) is 9.22. The predicted molar refractivity (Wildman–Crippen MR) is 60.7 cm³/mol. The Kier molecular flexibility index (Phi) is 5.15. The molecule has 0 fully saturated rings. The molecule has 0 saturated carbocycles. The Morgan fingerprint density at radius 2 is 2.31 bits per heavy atom. The van der Waals surface area contributed by atoms with Gasteiger partial charge in [-0.1, -0.05) is 17.3 Å². The first kappa shape index (κ1) is 12.3. The molecule has 0 saturated heterocycles. The summed E-state index contributed by atoms with van der Waals surface area (Å²) in [5.74, 6) is 0.910. The summed E-state index contributed by atoms with van der Waals surface area (Å²) in [6.07, 6.45) is 0.394. The molecule has 0 aliphatic rings. The standard InChI is InChI=1S/C11H16N2O3/c1-15-8-9-3-2-4-10(7-9)16-6-5-11(12)13-14/h2-4,7,14H,5-6,8H2,1H3,(H2,12,13). The number of hydrogen-bond acceptors (Lipinski definition) is 4. The number of amidine groups is 1. The summed E-state index contributed by atoms with van der Waals surface area (Å²) in [7, 11) is 1.64. The monoisotopic (exact) mass is 224 g/mol. The summed E-state index contributed by atoms with van der Waals surface area (Å²) in [5.41, 5.74) is 6.36. The predicted octanol–water partition coefficient (Wildman–Crippen LogP) is 1.35. The van der Waals surface area contributed by atoms with Crippen molar-refractivity contribution in [3.8, 4) is 5.75 Å². The highest BCUT2D eigenvalue weighted by molar-refractivity contribution is 5.79. The van der Waals surface area contributed by atoms with E-state index in [-0.39, 0.29) is 5.84 Å². The molecule has 0 heterocycles. The van der Waals surface area contributed by atoms with Gasteiger partial charge in [-0.05, 0) is 17.7 Å². The fourth-order valence-electron chi connectivity index (χ4n) is 1.22. The molecule has 0 aliphatic carbocycles. The van der Waals surface area contributed by atoms with E-state index in [1.54, 1.807) is 7.11 Å². The quantitative estimate of drug-likeness (QED) is 0.331. The normalized spacial score (nSPS) is 11.4. The fraction of sp³-hybridized carbons (Fsp3) is 0.364. The number of ether oxygens (including phenoxy) is 2. The van der Waals surface area contributed by atoms with Gasteiger partial charge in [-0.25, -0.2) is 0 Å². The van der Waals surface area contributed by atoms with Crippen LogP contribution in [0, 0.1) is 0 Å². The smallest absolute Gasteiger partial charge is 0.142 e. The van der Waals surface area contributed by atoms with Crippen LogP contribution in [0.2, 0.25) is 0 Å². The number of rotatable bonds is 6. The zero-order chi connectivity index (χ0) is 11.8. The molecule has 0 spiro atoms. The summed E-state index contributed by atoms with van der Waals surface area (Å²) >= 11 is 0. The molecule has 1 aromatic carbocycles. The average Bonchev–Trinajstić information content (AvgIpc) is 2.30. The summed E-state index contributed by atoms with van der Waals surface area (Å²) in [5, 5.41) is 11.2. The molecular formula is C11H16N2O3. The Hall–Kier alpha value is -1.75. The van der Waals surface area contributed by atoms with E-state index in [0.29, 0.717) is 19.6 Å². The van der Waals surface area contributed by atoms with E-state index in [4.69, 9.17) is 20.4 Å². The molecule has 5 heteroatoms. The molecule has 0 aromatic heterocycles. The van der Waals surface area contributed by atoms with Crippen molar-refractivity contribution in [1.29, 1.82) is 0 Å². The first-order chi connectivity index (χ1) is 7.76. The van der Waals surface area contributed by atoms with E-state index in [0.717, 1.165) is 11.3 Å². The molecule has 16 heavy (non-hydrogen) atoms. The van der Waals surface area contributed by atoms with E-state index in [1.165, 1.54) is 0 Å². The maximum absolute atomic E-state index is 8.34. The highest BCUT2D eigenvalue weighted by Gasteiger charge is 1.98. The van der Waals surface area contributed by atoms with Crippen molar-refractivity contribution in [2.24, 2.45) is 10.9 Å². The second-order valence-corrected chi connectivity index (χ2v) is 3.27. The number of benzene rings is 1. The highest BCUT2D eigenvalue weighted by atomic mass is 16.5. The van der Waals surface area contributed by atoms with Crippen molar-refractivity contribution in [3.63, 3.8) is 0 Å². The van der Waals surface area contributed by atoms with Gasteiger partial charge in [0.25, 0.3) is 0 Å². The number of nitrogens with zero attached hydrogens (tertiary/aromatic N) is 1.